The minimum atomic E-state index is -0.426. The van der Waals surface area contributed by atoms with Gasteiger partial charge in [-0.2, -0.15) is 4.98 Å². The molecule has 0 bridgehead atoms. The summed E-state index contributed by atoms with van der Waals surface area (Å²) in [6.07, 6.45) is 0. The van der Waals surface area contributed by atoms with Crippen molar-refractivity contribution in [1.82, 2.24) is 14.8 Å². The molecule has 1 N–H and O–H groups in total. The summed E-state index contributed by atoms with van der Waals surface area (Å²) in [5, 5.41) is 7.17. The Balaban J connectivity index is 1.61. The molecule has 4 aromatic rings. The molecule has 0 saturated heterocycles. The van der Waals surface area contributed by atoms with Crippen LogP contribution in [0.4, 0.5) is 14.5 Å². The number of amides is 1. The highest BCUT2D eigenvalue weighted by molar-refractivity contribution is 6.04. The van der Waals surface area contributed by atoms with Crippen molar-refractivity contribution in [3.8, 4) is 23.1 Å². The summed E-state index contributed by atoms with van der Waals surface area (Å²) in [6, 6.07) is 18.6. The van der Waals surface area contributed by atoms with Gasteiger partial charge in [0.15, 0.2) is 5.82 Å². The third-order valence-electron chi connectivity index (χ3n) is 4.72. The van der Waals surface area contributed by atoms with Gasteiger partial charge in [0.25, 0.3) is 5.91 Å². The summed E-state index contributed by atoms with van der Waals surface area (Å²) in [6.45, 7) is 4.44. The number of carbonyl (C=O) groups is 1. The second kappa shape index (κ2) is 9.60. The summed E-state index contributed by atoms with van der Waals surface area (Å²) in [5.41, 5.74) is 1.78. The largest absolute Gasteiger partial charge is 0.462 e. The first kappa shape index (κ1) is 22.1. The number of rotatable bonds is 7. The summed E-state index contributed by atoms with van der Waals surface area (Å²) in [5.74, 6) is -0.622. The fraction of sp³-hybridized carbons (Fsp3) is 0.160. The minimum Gasteiger partial charge on any atom is -0.462 e. The number of carbonyl (C=O) groups excluding carboxylic acids is 1. The zero-order valence-corrected chi connectivity index (χ0v) is 18.1. The van der Waals surface area contributed by atoms with Crippen molar-refractivity contribution >= 4 is 11.6 Å². The van der Waals surface area contributed by atoms with Gasteiger partial charge < -0.3 is 10.1 Å². The number of nitrogens with one attached hydrogen (secondary N) is 1. The zero-order valence-electron chi connectivity index (χ0n) is 18.1. The van der Waals surface area contributed by atoms with E-state index in [0.29, 0.717) is 29.4 Å². The maximum atomic E-state index is 14.5. The lowest BCUT2D eigenvalue weighted by Gasteiger charge is -2.09. The van der Waals surface area contributed by atoms with Gasteiger partial charge in [0.2, 0.25) is 0 Å². The number of nitrogens with zero attached hydrogens (tertiary/aromatic N) is 3. The van der Waals surface area contributed by atoms with Crippen molar-refractivity contribution in [3.63, 3.8) is 0 Å². The first-order chi connectivity index (χ1) is 15.9. The molecule has 0 fully saturated rings. The van der Waals surface area contributed by atoms with Crippen molar-refractivity contribution in [3.05, 3.63) is 90.0 Å². The van der Waals surface area contributed by atoms with Crippen molar-refractivity contribution < 1.29 is 18.3 Å². The van der Waals surface area contributed by atoms with E-state index in [2.05, 4.69) is 15.4 Å². The molecule has 1 heterocycles. The molecule has 8 heteroatoms. The summed E-state index contributed by atoms with van der Waals surface area (Å²) < 4.78 is 34.7. The quantitative estimate of drug-likeness (QED) is 0.405. The minimum absolute atomic E-state index is 0.149. The van der Waals surface area contributed by atoms with Crippen LogP contribution in [-0.4, -0.2) is 27.3 Å². The Morgan fingerprint density at radius 1 is 1.00 bits per heavy atom. The van der Waals surface area contributed by atoms with Gasteiger partial charge in [-0.25, -0.2) is 13.5 Å². The molecule has 0 aliphatic carbocycles. The molecule has 0 atom stereocenters. The molecule has 168 valence electrons. The third-order valence-corrected chi connectivity index (χ3v) is 4.72. The molecule has 0 spiro atoms. The smallest absolute Gasteiger partial charge is 0.336 e. The van der Waals surface area contributed by atoms with Gasteiger partial charge in [-0.1, -0.05) is 26.0 Å². The molecule has 1 amide bonds. The van der Waals surface area contributed by atoms with Crippen LogP contribution < -0.4 is 10.1 Å². The molecular weight excluding hydrogens is 426 g/mol. The van der Waals surface area contributed by atoms with Crippen LogP contribution in [-0.2, 0) is 0 Å². The lowest BCUT2D eigenvalue weighted by molar-refractivity contribution is 0.102. The monoisotopic (exact) mass is 448 g/mol. The average molecular weight is 448 g/mol. The van der Waals surface area contributed by atoms with Crippen molar-refractivity contribution in [2.24, 2.45) is 5.92 Å². The summed E-state index contributed by atoms with van der Waals surface area (Å²) >= 11 is 0. The molecule has 0 aliphatic rings. The zero-order chi connectivity index (χ0) is 23.4. The Bertz CT molecular complexity index is 1250. The normalized spacial score (nSPS) is 10.9. The summed E-state index contributed by atoms with van der Waals surface area (Å²) in [4.78, 5) is 16.8. The van der Waals surface area contributed by atoms with Crippen molar-refractivity contribution in [1.29, 1.82) is 0 Å². The van der Waals surface area contributed by atoms with Crippen LogP contribution >= 0.6 is 0 Å². The molecular formula is C25H22F2N4O2. The number of hydrogen-bond acceptors (Lipinski definition) is 4. The van der Waals surface area contributed by atoms with E-state index in [1.807, 2.05) is 13.8 Å². The molecule has 0 unspecified atom stereocenters. The SMILES string of the molecule is CC(C)COc1nc(-c2ccccc2F)n(-c2ccc(NC(=O)c3ccc(F)cc3)cc2)n1. The van der Waals surface area contributed by atoms with Gasteiger partial charge in [-0.15, -0.1) is 5.10 Å². The van der Waals surface area contributed by atoms with Gasteiger partial charge in [0.1, 0.15) is 11.6 Å². The van der Waals surface area contributed by atoms with E-state index in [9.17, 15) is 13.6 Å². The molecule has 33 heavy (non-hydrogen) atoms. The van der Waals surface area contributed by atoms with Gasteiger partial charge in [0, 0.05) is 11.3 Å². The first-order valence-corrected chi connectivity index (χ1v) is 10.4. The Labute approximate surface area is 189 Å². The van der Waals surface area contributed by atoms with Crippen LogP contribution in [0, 0.1) is 17.6 Å². The van der Waals surface area contributed by atoms with Crippen molar-refractivity contribution in [2.75, 3.05) is 11.9 Å². The Hall–Kier alpha value is -4.07. The van der Waals surface area contributed by atoms with E-state index >= 15 is 0 Å². The van der Waals surface area contributed by atoms with Crippen LogP contribution in [0.3, 0.4) is 0 Å². The fourth-order valence-electron chi connectivity index (χ4n) is 3.08. The molecule has 4 rings (SSSR count). The molecule has 1 aromatic heterocycles. The average Bonchev–Trinajstić information content (AvgIpc) is 3.23. The van der Waals surface area contributed by atoms with Gasteiger partial charge >= 0.3 is 6.01 Å². The molecule has 0 saturated carbocycles. The second-order valence-electron chi connectivity index (χ2n) is 7.82. The molecule has 6 nitrogen and oxygen atoms in total. The maximum Gasteiger partial charge on any atom is 0.336 e. The Kier molecular flexibility index (Phi) is 6.44. The van der Waals surface area contributed by atoms with E-state index < -0.39 is 11.6 Å². The maximum absolute atomic E-state index is 14.5. The lowest BCUT2D eigenvalue weighted by Crippen LogP contribution is -2.12. The van der Waals surface area contributed by atoms with Crippen LogP contribution in [0.15, 0.2) is 72.8 Å². The van der Waals surface area contributed by atoms with Gasteiger partial charge in [-0.05, 0) is 66.6 Å². The topological polar surface area (TPSA) is 69.0 Å². The second-order valence-corrected chi connectivity index (χ2v) is 7.82. The highest BCUT2D eigenvalue weighted by atomic mass is 19.1. The number of aromatic nitrogens is 3. The van der Waals surface area contributed by atoms with E-state index in [0.717, 1.165) is 0 Å². The third kappa shape index (κ3) is 5.23. The number of anilines is 1. The van der Waals surface area contributed by atoms with Gasteiger partial charge in [0.05, 0.1) is 17.9 Å². The Morgan fingerprint density at radius 3 is 2.36 bits per heavy atom. The number of halogens is 2. The fourth-order valence-corrected chi connectivity index (χ4v) is 3.08. The van der Waals surface area contributed by atoms with E-state index in [1.54, 1.807) is 42.5 Å². The number of hydrogen-bond donors (Lipinski definition) is 1. The molecule has 0 radical (unpaired) electrons. The van der Waals surface area contributed by atoms with Crippen LogP contribution in [0.25, 0.3) is 17.1 Å². The van der Waals surface area contributed by atoms with Crippen LogP contribution in [0.1, 0.15) is 24.2 Å². The highest BCUT2D eigenvalue weighted by Crippen LogP contribution is 2.26. The number of ether oxygens (including phenoxy) is 1. The van der Waals surface area contributed by atoms with E-state index in [4.69, 9.17) is 4.74 Å². The Morgan fingerprint density at radius 2 is 1.70 bits per heavy atom. The van der Waals surface area contributed by atoms with Crippen LogP contribution in [0.5, 0.6) is 6.01 Å². The number of benzene rings is 3. The predicted octanol–water partition coefficient (Wildman–Crippen LogP) is 5.50. The standard InChI is InChI=1S/C25H22F2N4O2/c1-16(2)15-33-25-29-23(21-5-3-4-6-22(21)27)31(30-25)20-13-11-19(12-14-20)28-24(32)17-7-9-18(26)10-8-17/h3-14,16H,15H2,1-2H3,(H,28,32). The molecule has 3 aromatic carbocycles. The van der Waals surface area contributed by atoms with Crippen molar-refractivity contribution in [2.45, 2.75) is 13.8 Å². The van der Waals surface area contributed by atoms with Gasteiger partial charge in [-0.3, -0.25) is 4.79 Å². The first-order valence-electron chi connectivity index (χ1n) is 10.4. The van der Waals surface area contributed by atoms with E-state index in [-0.39, 0.29) is 23.4 Å². The lowest BCUT2D eigenvalue weighted by atomic mass is 10.2. The summed E-state index contributed by atoms with van der Waals surface area (Å²) in [7, 11) is 0. The van der Waals surface area contributed by atoms with Crippen LogP contribution in [0.2, 0.25) is 0 Å². The van der Waals surface area contributed by atoms with E-state index in [1.165, 1.54) is 35.0 Å². The highest BCUT2D eigenvalue weighted by Gasteiger charge is 2.18. The molecule has 0 aliphatic heterocycles. The predicted molar refractivity (Wildman–Crippen MR) is 121 cm³/mol.